The Morgan fingerprint density at radius 2 is 1.77 bits per heavy atom. The molecule has 5 N–H and O–H groups in total. The number of hydrogen-bond donors (Lipinski definition) is 5. The highest BCUT2D eigenvalue weighted by atomic mass is 16.5. The van der Waals surface area contributed by atoms with Crippen molar-refractivity contribution >= 4 is 5.97 Å². The summed E-state index contributed by atoms with van der Waals surface area (Å²) in [5.74, 6) is -1.02. The lowest BCUT2D eigenvalue weighted by molar-refractivity contribution is -0.324. The van der Waals surface area contributed by atoms with E-state index in [4.69, 9.17) is 4.74 Å². The van der Waals surface area contributed by atoms with E-state index in [2.05, 4.69) is 6.92 Å². The number of benzene rings is 1. The molecule has 0 aliphatic heterocycles. The van der Waals surface area contributed by atoms with Crippen LogP contribution < -0.4 is 0 Å². The van der Waals surface area contributed by atoms with E-state index in [0.29, 0.717) is 24.8 Å². The summed E-state index contributed by atoms with van der Waals surface area (Å²) >= 11 is 0. The zero-order valence-corrected chi connectivity index (χ0v) is 20.8. The van der Waals surface area contributed by atoms with E-state index < -0.39 is 57.8 Å². The van der Waals surface area contributed by atoms with Crippen LogP contribution in [0.15, 0.2) is 42.0 Å². The minimum absolute atomic E-state index is 0.0675. The fourth-order valence-corrected chi connectivity index (χ4v) is 8.28. The number of ether oxygens (including phenoxy) is 1. The monoisotopic (exact) mass is 486 g/mol. The van der Waals surface area contributed by atoms with E-state index in [9.17, 15) is 30.3 Å². The van der Waals surface area contributed by atoms with Crippen molar-refractivity contribution in [3.05, 3.63) is 47.5 Å². The molecule has 7 heteroatoms. The van der Waals surface area contributed by atoms with Gasteiger partial charge in [-0.15, -0.1) is 0 Å². The summed E-state index contributed by atoms with van der Waals surface area (Å²) in [7, 11) is 0. The Hall–Kier alpha value is -1.77. The van der Waals surface area contributed by atoms with Gasteiger partial charge in [-0.05, 0) is 69.4 Å². The Balaban J connectivity index is 1.64. The van der Waals surface area contributed by atoms with E-state index in [0.717, 1.165) is 5.57 Å². The third-order valence-corrected chi connectivity index (χ3v) is 10.6. The number of carbonyl (C=O) groups is 1. The first-order valence-corrected chi connectivity index (χ1v) is 12.8. The minimum atomic E-state index is -1.81. The van der Waals surface area contributed by atoms with Crippen LogP contribution in [-0.4, -0.2) is 66.6 Å². The van der Waals surface area contributed by atoms with E-state index in [1.54, 1.807) is 37.3 Å². The Morgan fingerprint density at radius 3 is 2.43 bits per heavy atom. The first-order valence-electron chi connectivity index (χ1n) is 12.8. The maximum Gasteiger partial charge on any atom is 0.338 e. The summed E-state index contributed by atoms with van der Waals surface area (Å²) < 4.78 is 6.10. The molecule has 0 heterocycles. The second-order valence-electron chi connectivity index (χ2n) is 11.9. The van der Waals surface area contributed by atoms with Crippen LogP contribution in [0.1, 0.15) is 76.1 Å². The van der Waals surface area contributed by atoms with Gasteiger partial charge in [0.2, 0.25) is 0 Å². The summed E-state index contributed by atoms with van der Waals surface area (Å²) in [6.45, 7) is 5.19. The van der Waals surface area contributed by atoms with Gasteiger partial charge in [0.1, 0.15) is 22.9 Å². The Kier molecular flexibility index (Phi) is 5.59. The van der Waals surface area contributed by atoms with Gasteiger partial charge >= 0.3 is 5.97 Å². The van der Waals surface area contributed by atoms with Gasteiger partial charge in [-0.2, -0.15) is 0 Å². The quantitative estimate of drug-likeness (QED) is 0.328. The van der Waals surface area contributed by atoms with Crippen LogP contribution >= 0.6 is 0 Å². The summed E-state index contributed by atoms with van der Waals surface area (Å²) in [5, 5.41) is 57.6. The molecule has 4 aliphatic rings. The number of aliphatic hydroxyl groups excluding tert-OH is 2. The third-order valence-electron chi connectivity index (χ3n) is 10.6. The summed E-state index contributed by atoms with van der Waals surface area (Å²) in [4.78, 5) is 13.2. The van der Waals surface area contributed by atoms with Crippen LogP contribution in [0, 0.1) is 16.7 Å². The van der Waals surface area contributed by atoms with Crippen molar-refractivity contribution in [1.29, 1.82) is 0 Å². The van der Waals surface area contributed by atoms with Crippen LogP contribution in [0.5, 0.6) is 0 Å². The molecule has 0 aromatic heterocycles. The molecular weight excluding hydrogens is 448 g/mol. The minimum Gasteiger partial charge on any atom is -0.458 e. The van der Waals surface area contributed by atoms with Gasteiger partial charge in [-0.1, -0.05) is 43.7 Å². The maximum absolute atomic E-state index is 13.2. The van der Waals surface area contributed by atoms with Gasteiger partial charge in [0.25, 0.3) is 0 Å². The van der Waals surface area contributed by atoms with E-state index in [1.165, 1.54) is 6.92 Å². The van der Waals surface area contributed by atoms with Crippen LogP contribution in [0.25, 0.3) is 0 Å². The summed E-state index contributed by atoms with van der Waals surface area (Å²) in [5.41, 5.74) is -5.75. The van der Waals surface area contributed by atoms with Gasteiger partial charge in [0, 0.05) is 5.92 Å². The van der Waals surface area contributed by atoms with Crippen molar-refractivity contribution in [2.45, 2.75) is 101 Å². The van der Waals surface area contributed by atoms with Gasteiger partial charge in [0.05, 0.1) is 23.2 Å². The first kappa shape index (κ1) is 24.9. The largest absolute Gasteiger partial charge is 0.458 e. The standard InChI is InChI=1S/C28H38O7/c1-17(29)26(32)13-14-28(34)25(26,3)22(35-23(31)18-7-5-4-6-8-18)16-21-24(2)11-10-20(30)15-19(24)9-12-27(21,28)33/h4-9,17,20-22,29-30,32-34H,10-16H2,1-3H3. The average molecular weight is 487 g/mol. The fraction of sp³-hybridized carbons (Fsp3) is 0.679. The van der Waals surface area contributed by atoms with Crippen molar-refractivity contribution in [2.75, 3.05) is 0 Å². The molecule has 9 atom stereocenters. The van der Waals surface area contributed by atoms with Crippen molar-refractivity contribution in [1.82, 2.24) is 0 Å². The molecule has 3 saturated carbocycles. The molecule has 9 unspecified atom stereocenters. The van der Waals surface area contributed by atoms with Crippen molar-refractivity contribution in [3.63, 3.8) is 0 Å². The van der Waals surface area contributed by atoms with Gasteiger partial charge < -0.3 is 30.3 Å². The molecule has 35 heavy (non-hydrogen) atoms. The molecule has 1 aromatic rings. The van der Waals surface area contributed by atoms with Crippen molar-refractivity contribution in [2.24, 2.45) is 16.7 Å². The first-order chi connectivity index (χ1) is 16.3. The Labute approximate surface area is 206 Å². The lowest BCUT2D eigenvalue weighted by Crippen LogP contribution is -2.78. The van der Waals surface area contributed by atoms with Crippen LogP contribution in [0.3, 0.4) is 0 Å². The van der Waals surface area contributed by atoms with Crippen LogP contribution in [0.2, 0.25) is 0 Å². The normalized spacial score (nSPS) is 47.7. The second kappa shape index (κ2) is 7.86. The highest BCUT2D eigenvalue weighted by Gasteiger charge is 2.81. The molecule has 0 amide bonds. The number of hydrogen-bond acceptors (Lipinski definition) is 7. The van der Waals surface area contributed by atoms with E-state index in [1.807, 2.05) is 6.08 Å². The molecule has 0 spiro atoms. The van der Waals surface area contributed by atoms with Gasteiger partial charge in [0.15, 0.2) is 0 Å². The zero-order valence-electron chi connectivity index (χ0n) is 20.8. The Bertz CT molecular complexity index is 1040. The molecule has 0 saturated heterocycles. The third kappa shape index (κ3) is 3.05. The zero-order chi connectivity index (χ0) is 25.4. The number of rotatable bonds is 3. The highest BCUT2D eigenvalue weighted by Crippen LogP contribution is 2.71. The number of fused-ring (bicyclic) bond motifs is 5. The van der Waals surface area contributed by atoms with Gasteiger partial charge in [-0.25, -0.2) is 4.79 Å². The summed E-state index contributed by atoms with van der Waals surface area (Å²) in [6.07, 6.45) is 1.64. The fourth-order valence-electron chi connectivity index (χ4n) is 8.28. The molecule has 192 valence electrons. The second-order valence-corrected chi connectivity index (χ2v) is 11.9. The number of carbonyl (C=O) groups excluding carboxylic acids is 1. The van der Waals surface area contributed by atoms with Crippen molar-refractivity contribution in [3.8, 4) is 0 Å². The Morgan fingerprint density at radius 1 is 1.09 bits per heavy atom. The molecular formula is C28H38O7. The smallest absolute Gasteiger partial charge is 0.338 e. The predicted molar refractivity (Wildman–Crippen MR) is 128 cm³/mol. The molecule has 7 nitrogen and oxygen atoms in total. The van der Waals surface area contributed by atoms with Gasteiger partial charge in [-0.3, -0.25) is 0 Å². The molecule has 1 aromatic carbocycles. The molecule has 0 bridgehead atoms. The summed E-state index contributed by atoms with van der Waals surface area (Å²) in [6, 6.07) is 8.58. The number of aliphatic hydroxyl groups is 5. The molecule has 3 fully saturated rings. The lowest BCUT2D eigenvalue weighted by atomic mass is 9.42. The highest BCUT2D eigenvalue weighted by molar-refractivity contribution is 5.89. The molecule has 4 aliphatic carbocycles. The predicted octanol–water partition coefficient (Wildman–Crippen LogP) is 2.49. The SMILES string of the molecule is CC(O)C1(O)CCC2(O)C3(O)CC=C4CC(O)CCC4(C)C3CC(OC(=O)c3ccccc3)C12C. The molecule has 0 radical (unpaired) electrons. The lowest BCUT2D eigenvalue weighted by Gasteiger charge is -2.67. The average Bonchev–Trinajstić information content (AvgIpc) is 3.06. The topological polar surface area (TPSA) is 127 Å². The number of esters is 1. The van der Waals surface area contributed by atoms with Crippen LogP contribution in [-0.2, 0) is 4.74 Å². The van der Waals surface area contributed by atoms with Crippen LogP contribution in [0.4, 0.5) is 0 Å². The maximum atomic E-state index is 13.2. The van der Waals surface area contributed by atoms with E-state index >= 15 is 0 Å². The van der Waals surface area contributed by atoms with Crippen molar-refractivity contribution < 1.29 is 35.1 Å². The molecule has 5 rings (SSSR count). The van der Waals surface area contributed by atoms with E-state index in [-0.39, 0.29) is 25.7 Å².